The van der Waals surface area contributed by atoms with E-state index >= 15 is 0 Å². The Morgan fingerprint density at radius 3 is 2.44 bits per heavy atom. The van der Waals surface area contributed by atoms with E-state index in [4.69, 9.17) is 4.43 Å². The summed E-state index contributed by atoms with van der Waals surface area (Å²) in [4.78, 5) is 0. The van der Waals surface area contributed by atoms with Crippen LogP contribution in [0.15, 0.2) is 12.2 Å². The second kappa shape index (κ2) is 5.50. The van der Waals surface area contributed by atoms with Gasteiger partial charge in [0.25, 0.3) is 0 Å². The van der Waals surface area contributed by atoms with E-state index in [9.17, 15) is 0 Å². The van der Waals surface area contributed by atoms with Crippen molar-refractivity contribution in [3.8, 4) is 0 Å². The maximum absolute atomic E-state index is 6.47. The molecule has 0 aromatic rings. The molecule has 94 valence electrons. The molecule has 0 aromatic heterocycles. The Morgan fingerprint density at radius 2 is 1.81 bits per heavy atom. The molecule has 1 rings (SSSR count). The first kappa shape index (κ1) is 14.0. The van der Waals surface area contributed by atoms with Crippen LogP contribution >= 0.6 is 0 Å². The zero-order valence-electron chi connectivity index (χ0n) is 11.7. The van der Waals surface area contributed by atoms with Crippen molar-refractivity contribution in [2.24, 2.45) is 0 Å². The van der Waals surface area contributed by atoms with E-state index in [1.807, 2.05) is 0 Å². The first-order chi connectivity index (χ1) is 7.33. The van der Waals surface area contributed by atoms with E-state index in [2.05, 4.69) is 46.0 Å². The summed E-state index contributed by atoms with van der Waals surface area (Å²) < 4.78 is 6.47. The molecule has 0 bridgehead atoms. The highest BCUT2D eigenvalue weighted by Gasteiger charge is 2.38. The van der Waals surface area contributed by atoms with Crippen LogP contribution in [0.5, 0.6) is 0 Å². The molecule has 0 radical (unpaired) electrons. The van der Waals surface area contributed by atoms with Crippen LogP contribution < -0.4 is 0 Å². The van der Waals surface area contributed by atoms with E-state index in [0.29, 0.717) is 11.1 Å². The van der Waals surface area contributed by atoms with Gasteiger partial charge >= 0.3 is 0 Å². The third kappa shape index (κ3) is 4.06. The molecule has 1 atom stereocenters. The standard InChI is InChI=1S/C14H28OSi/c1-14(2,3)16(4,5)15-13-11-9-7-6-8-10-12-13/h7,9,13H,6,8,10-12H2,1-5H3/b9-7-. The van der Waals surface area contributed by atoms with Gasteiger partial charge in [0.05, 0.1) is 0 Å². The minimum atomic E-state index is -1.57. The van der Waals surface area contributed by atoms with Crippen molar-refractivity contribution in [1.29, 1.82) is 0 Å². The monoisotopic (exact) mass is 240 g/mol. The van der Waals surface area contributed by atoms with Crippen LogP contribution in [0.1, 0.15) is 52.9 Å². The van der Waals surface area contributed by atoms with Crippen molar-refractivity contribution in [3.05, 3.63) is 12.2 Å². The number of hydrogen-bond acceptors (Lipinski definition) is 1. The molecule has 0 amide bonds. The molecule has 1 unspecified atom stereocenters. The van der Waals surface area contributed by atoms with Gasteiger partial charge in [-0.25, -0.2) is 0 Å². The van der Waals surface area contributed by atoms with Gasteiger partial charge in [0, 0.05) is 6.10 Å². The zero-order chi connectivity index (χ0) is 12.2. The van der Waals surface area contributed by atoms with E-state index in [1.54, 1.807) is 0 Å². The quantitative estimate of drug-likeness (QED) is 0.493. The number of allylic oxidation sites excluding steroid dienone is 1. The third-order valence-corrected chi connectivity index (χ3v) is 8.51. The van der Waals surface area contributed by atoms with Gasteiger partial charge in [-0.05, 0) is 43.8 Å². The average Bonchev–Trinajstić information content (AvgIpc) is 2.07. The lowest BCUT2D eigenvalue weighted by atomic mass is 10.0. The van der Waals surface area contributed by atoms with Crippen molar-refractivity contribution in [3.63, 3.8) is 0 Å². The van der Waals surface area contributed by atoms with Gasteiger partial charge in [0.15, 0.2) is 8.32 Å². The van der Waals surface area contributed by atoms with E-state index in [0.717, 1.165) is 6.42 Å². The molecular formula is C14H28OSi. The largest absolute Gasteiger partial charge is 0.414 e. The van der Waals surface area contributed by atoms with Crippen LogP contribution in [-0.4, -0.2) is 14.4 Å². The summed E-state index contributed by atoms with van der Waals surface area (Å²) in [7, 11) is -1.57. The summed E-state index contributed by atoms with van der Waals surface area (Å²) in [5.41, 5.74) is 0. The van der Waals surface area contributed by atoms with Gasteiger partial charge < -0.3 is 4.43 Å². The molecule has 1 aliphatic carbocycles. The van der Waals surface area contributed by atoms with Crippen LogP contribution in [-0.2, 0) is 4.43 Å². The summed E-state index contributed by atoms with van der Waals surface area (Å²) in [5.74, 6) is 0. The summed E-state index contributed by atoms with van der Waals surface area (Å²) in [6.07, 6.45) is 11.4. The molecule has 0 heterocycles. The van der Waals surface area contributed by atoms with Crippen molar-refractivity contribution < 1.29 is 4.43 Å². The Morgan fingerprint density at radius 1 is 1.12 bits per heavy atom. The minimum Gasteiger partial charge on any atom is -0.414 e. The first-order valence-electron chi connectivity index (χ1n) is 6.66. The maximum Gasteiger partial charge on any atom is 0.192 e. The molecular weight excluding hydrogens is 212 g/mol. The van der Waals surface area contributed by atoms with Crippen molar-refractivity contribution >= 4 is 8.32 Å². The molecule has 2 heteroatoms. The fourth-order valence-corrected chi connectivity index (χ4v) is 3.22. The van der Waals surface area contributed by atoms with E-state index < -0.39 is 8.32 Å². The smallest absolute Gasteiger partial charge is 0.192 e. The van der Waals surface area contributed by atoms with E-state index in [1.165, 1.54) is 25.7 Å². The highest BCUT2D eigenvalue weighted by Crippen LogP contribution is 2.38. The summed E-state index contributed by atoms with van der Waals surface area (Å²) in [6.45, 7) is 11.7. The summed E-state index contributed by atoms with van der Waals surface area (Å²) in [5, 5.41) is 0.332. The normalized spacial score (nSPS) is 25.9. The van der Waals surface area contributed by atoms with Crippen LogP contribution in [0.3, 0.4) is 0 Å². The molecule has 0 fully saturated rings. The van der Waals surface area contributed by atoms with Gasteiger partial charge in [-0.2, -0.15) is 0 Å². The van der Waals surface area contributed by atoms with E-state index in [-0.39, 0.29) is 0 Å². The Labute approximate surface area is 102 Å². The molecule has 0 N–H and O–H groups in total. The third-order valence-electron chi connectivity index (χ3n) is 3.98. The second-order valence-electron chi connectivity index (χ2n) is 6.49. The molecule has 0 aliphatic heterocycles. The molecule has 16 heavy (non-hydrogen) atoms. The molecule has 0 aromatic carbocycles. The van der Waals surface area contributed by atoms with Crippen LogP contribution in [0.4, 0.5) is 0 Å². The van der Waals surface area contributed by atoms with Gasteiger partial charge in [0.2, 0.25) is 0 Å². The van der Waals surface area contributed by atoms with Crippen molar-refractivity contribution in [2.75, 3.05) is 0 Å². The molecule has 0 saturated carbocycles. The Bertz CT molecular complexity index is 238. The van der Waals surface area contributed by atoms with Crippen molar-refractivity contribution in [1.82, 2.24) is 0 Å². The molecule has 0 saturated heterocycles. The Kier molecular flexibility index (Phi) is 4.81. The maximum atomic E-state index is 6.47. The highest BCUT2D eigenvalue weighted by atomic mass is 28.4. The zero-order valence-corrected chi connectivity index (χ0v) is 12.7. The Balaban J connectivity index is 2.57. The minimum absolute atomic E-state index is 0.332. The van der Waals surface area contributed by atoms with Gasteiger partial charge in [-0.15, -0.1) is 0 Å². The summed E-state index contributed by atoms with van der Waals surface area (Å²) >= 11 is 0. The molecule has 1 nitrogen and oxygen atoms in total. The fraction of sp³-hybridized carbons (Fsp3) is 0.857. The lowest BCUT2D eigenvalue weighted by molar-refractivity contribution is 0.169. The number of hydrogen-bond donors (Lipinski definition) is 0. The number of rotatable bonds is 2. The highest BCUT2D eigenvalue weighted by molar-refractivity contribution is 6.74. The lowest BCUT2D eigenvalue weighted by Gasteiger charge is -2.39. The molecule has 1 aliphatic rings. The SMILES string of the molecule is CC(C)(C)[Si](C)(C)OC1C/C=C\CCCC1. The Hall–Kier alpha value is -0.0831. The molecule has 0 spiro atoms. The lowest BCUT2D eigenvalue weighted by Crippen LogP contribution is -2.43. The van der Waals surface area contributed by atoms with Crippen LogP contribution in [0.25, 0.3) is 0 Å². The topological polar surface area (TPSA) is 9.23 Å². The van der Waals surface area contributed by atoms with Gasteiger partial charge in [-0.1, -0.05) is 39.3 Å². The first-order valence-corrected chi connectivity index (χ1v) is 9.56. The predicted octanol–water partition coefficient (Wildman–Crippen LogP) is 4.90. The van der Waals surface area contributed by atoms with Crippen LogP contribution in [0.2, 0.25) is 18.1 Å². The second-order valence-corrected chi connectivity index (χ2v) is 11.2. The van der Waals surface area contributed by atoms with Crippen LogP contribution in [0, 0.1) is 0 Å². The predicted molar refractivity (Wildman–Crippen MR) is 74.3 cm³/mol. The average molecular weight is 240 g/mol. The van der Waals surface area contributed by atoms with Gasteiger partial charge in [0.1, 0.15) is 0 Å². The van der Waals surface area contributed by atoms with Crippen molar-refractivity contribution in [2.45, 2.75) is 77.1 Å². The van der Waals surface area contributed by atoms with Gasteiger partial charge in [-0.3, -0.25) is 0 Å². The summed E-state index contributed by atoms with van der Waals surface area (Å²) in [6, 6.07) is 0. The fourth-order valence-electron chi connectivity index (χ4n) is 1.82.